The molecule has 1 aromatic rings. The molecule has 2 atom stereocenters. The van der Waals surface area contributed by atoms with Crippen LogP contribution in [-0.4, -0.2) is 19.2 Å². The zero-order chi connectivity index (χ0) is 12.1. The summed E-state index contributed by atoms with van der Waals surface area (Å²) in [6, 6.07) is 9.10. The Balaban J connectivity index is 1.94. The van der Waals surface area contributed by atoms with Crippen molar-refractivity contribution in [1.82, 2.24) is 5.32 Å². The van der Waals surface area contributed by atoms with Gasteiger partial charge >= 0.3 is 0 Å². The fourth-order valence-corrected chi connectivity index (χ4v) is 2.60. The molecule has 0 spiro atoms. The number of hydrogen-bond donors (Lipinski definition) is 1. The lowest BCUT2D eigenvalue weighted by Crippen LogP contribution is -2.36. The molecule has 1 N–H and O–H groups in total. The minimum Gasteiger partial charge on any atom is -0.489 e. The molecule has 1 aromatic carbocycles. The first-order valence-electron chi connectivity index (χ1n) is 6.76. The molecule has 2 rings (SSSR count). The van der Waals surface area contributed by atoms with Gasteiger partial charge in [0.05, 0.1) is 0 Å². The van der Waals surface area contributed by atoms with Gasteiger partial charge in [-0.25, -0.2) is 0 Å². The van der Waals surface area contributed by atoms with Gasteiger partial charge in [-0.15, -0.1) is 0 Å². The molecule has 2 unspecified atom stereocenters. The summed E-state index contributed by atoms with van der Waals surface area (Å²) in [5.41, 5.74) is 1.40. The van der Waals surface area contributed by atoms with Crippen LogP contribution in [0.5, 0.6) is 5.75 Å². The minimum absolute atomic E-state index is 0.344. The van der Waals surface area contributed by atoms with Crippen LogP contribution in [0.3, 0.4) is 0 Å². The molecule has 2 heteroatoms. The van der Waals surface area contributed by atoms with E-state index in [0.717, 1.165) is 12.2 Å². The third kappa shape index (κ3) is 3.22. The third-order valence-corrected chi connectivity index (χ3v) is 3.57. The number of benzene rings is 1. The summed E-state index contributed by atoms with van der Waals surface area (Å²) in [6.45, 7) is 2.21. The Morgan fingerprint density at radius 2 is 2.00 bits per heavy atom. The van der Waals surface area contributed by atoms with Gasteiger partial charge in [0.15, 0.2) is 0 Å². The molecule has 0 heterocycles. The Kier molecular flexibility index (Phi) is 4.43. The van der Waals surface area contributed by atoms with Crippen LogP contribution in [0.2, 0.25) is 0 Å². The van der Waals surface area contributed by atoms with Crippen LogP contribution in [0.25, 0.3) is 0 Å². The molecule has 0 aromatic heterocycles. The highest BCUT2D eigenvalue weighted by atomic mass is 16.5. The molecule has 0 bridgehead atoms. The van der Waals surface area contributed by atoms with E-state index in [-0.39, 0.29) is 0 Å². The second kappa shape index (κ2) is 6.06. The SMILES string of the molecule is CCCc1ccc(OC2CCCC2NC)cc1. The largest absolute Gasteiger partial charge is 0.489 e. The molecule has 0 aliphatic heterocycles. The first-order valence-corrected chi connectivity index (χ1v) is 6.76. The van der Waals surface area contributed by atoms with Gasteiger partial charge in [0.2, 0.25) is 0 Å². The van der Waals surface area contributed by atoms with Crippen molar-refractivity contribution < 1.29 is 4.74 Å². The van der Waals surface area contributed by atoms with E-state index in [9.17, 15) is 0 Å². The highest BCUT2D eigenvalue weighted by molar-refractivity contribution is 5.27. The summed E-state index contributed by atoms with van der Waals surface area (Å²) >= 11 is 0. The Bertz CT molecular complexity index is 333. The van der Waals surface area contributed by atoms with Crippen molar-refractivity contribution in [1.29, 1.82) is 0 Å². The number of ether oxygens (including phenoxy) is 1. The predicted molar refractivity (Wildman–Crippen MR) is 71.6 cm³/mol. The van der Waals surface area contributed by atoms with Crippen LogP contribution in [0.15, 0.2) is 24.3 Å². The number of nitrogens with one attached hydrogen (secondary N) is 1. The van der Waals surface area contributed by atoms with Crippen LogP contribution in [0.1, 0.15) is 38.2 Å². The normalized spacial score (nSPS) is 23.9. The monoisotopic (exact) mass is 233 g/mol. The van der Waals surface area contributed by atoms with E-state index in [4.69, 9.17) is 4.74 Å². The van der Waals surface area contributed by atoms with E-state index in [1.807, 2.05) is 7.05 Å². The lowest BCUT2D eigenvalue weighted by Gasteiger charge is -2.20. The van der Waals surface area contributed by atoms with E-state index in [0.29, 0.717) is 12.1 Å². The van der Waals surface area contributed by atoms with Crippen LogP contribution in [0, 0.1) is 0 Å². The van der Waals surface area contributed by atoms with Crippen molar-refractivity contribution in [3.63, 3.8) is 0 Å². The Morgan fingerprint density at radius 1 is 1.24 bits per heavy atom. The Labute approximate surface area is 104 Å². The van der Waals surface area contributed by atoms with Gasteiger partial charge in [-0.3, -0.25) is 0 Å². The Hall–Kier alpha value is -1.02. The number of hydrogen-bond acceptors (Lipinski definition) is 2. The van der Waals surface area contributed by atoms with Gasteiger partial charge in [-0.2, -0.15) is 0 Å². The maximum absolute atomic E-state index is 6.05. The first kappa shape index (κ1) is 12.4. The summed E-state index contributed by atoms with van der Waals surface area (Å²) in [4.78, 5) is 0. The van der Waals surface area contributed by atoms with E-state index >= 15 is 0 Å². The van der Waals surface area contributed by atoms with Crippen molar-refractivity contribution in [3.8, 4) is 5.75 Å². The van der Waals surface area contributed by atoms with Crippen molar-refractivity contribution >= 4 is 0 Å². The predicted octanol–water partition coefficient (Wildman–Crippen LogP) is 3.16. The second-order valence-electron chi connectivity index (χ2n) is 4.88. The molecule has 94 valence electrons. The summed E-state index contributed by atoms with van der Waals surface area (Å²) in [5, 5.41) is 3.34. The van der Waals surface area contributed by atoms with Crippen molar-refractivity contribution in [2.75, 3.05) is 7.05 Å². The molecule has 0 amide bonds. The average Bonchev–Trinajstić information content (AvgIpc) is 2.79. The van der Waals surface area contributed by atoms with Crippen LogP contribution in [0.4, 0.5) is 0 Å². The van der Waals surface area contributed by atoms with Crippen LogP contribution >= 0.6 is 0 Å². The minimum atomic E-state index is 0.344. The maximum Gasteiger partial charge on any atom is 0.119 e. The Morgan fingerprint density at radius 3 is 2.65 bits per heavy atom. The lowest BCUT2D eigenvalue weighted by molar-refractivity contribution is 0.179. The van der Waals surface area contributed by atoms with Crippen molar-refractivity contribution in [3.05, 3.63) is 29.8 Å². The zero-order valence-electron chi connectivity index (χ0n) is 10.9. The summed E-state index contributed by atoms with van der Waals surface area (Å²) < 4.78 is 6.05. The van der Waals surface area contributed by atoms with Crippen molar-refractivity contribution in [2.45, 2.75) is 51.2 Å². The standard InChI is InChI=1S/C15H23NO/c1-3-5-12-8-10-13(11-9-12)17-15-7-4-6-14(15)16-2/h8-11,14-16H,3-7H2,1-2H3. The second-order valence-corrected chi connectivity index (χ2v) is 4.88. The molecule has 1 saturated carbocycles. The molecule has 0 saturated heterocycles. The molecule has 2 nitrogen and oxygen atoms in total. The lowest BCUT2D eigenvalue weighted by atomic mass is 10.1. The molecular weight excluding hydrogens is 210 g/mol. The topological polar surface area (TPSA) is 21.3 Å². The van der Waals surface area contributed by atoms with Gasteiger partial charge in [-0.05, 0) is 50.4 Å². The molecule has 1 fully saturated rings. The highest BCUT2D eigenvalue weighted by Crippen LogP contribution is 2.24. The number of rotatable bonds is 5. The maximum atomic E-state index is 6.05. The van der Waals surface area contributed by atoms with Gasteiger partial charge in [0, 0.05) is 6.04 Å². The summed E-state index contributed by atoms with van der Waals surface area (Å²) in [6.07, 6.45) is 6.37. The number of likely N-dealkylation sites (N-methyl/N-ethyl adjacent to an activating group) is 1. The first-order chi connectivity index (χ1) is 8.33. The summed E-state index contributed by atoms with van der Waals surface area (Å²) in [7, 11) is 2.02. The van der Waals surface area contributed by atoms with E-state index in [1.165, 1.54) is 31.2 Å². The van der Waals surface area contributed by atoms with Gasteiger partial charge in [0.1, 0.15) is 11.9 Å². The van der Waals surface area contributed by atoms with Crippen molar-refractivity contribution in [2.24, 2.45) is 0 Å². The van der Waals surface area contributed by atoms with Gasteiger partial charge in [-0.1, -0.05) is 25.5 Å². The van der Waals surface area contributed by atoms with E-state index in [1.54, 1.807) is 0 Å². The molecule has 17 heavy (non-hydrogen) atoms. The summed E-state index contributed by atoms with van der Waals surface area (Å²) in [5.74, 6) is 1.01. The van der Waals surface area contributed by atoms with E-state index in [2.05, 4.69) is 36.5 Å². The zero-order valence-corrected chi connectivity index (χ0v) is 10.9. The average molecular weight is 233 g/mol. The molecular formula is C15H23NO. The fourth-order valence-electron chi connectivity index (χ4n) is 2.60. The fraction of sp³-hybridized carbons (Fsp3) is 0.600. The van der Waals surface area contributed by atoms with Crippen LogP contribution in [-0.2, 0) is 6.42 Å². The van der Waals surface area contributed by atoms with E-state index < -0.39 is 0 Å². The highest BCUT2D eigenvalue weighted by Gasteiger charge is 2.27. The van der Waals surface area contributed by atoms with Crippen LogP contribution < -0.4 is 10.1 Å². The van der Waals surface area contributed by atoms with Gasteiger partial charge in [0.25, 0.3) is 0 Å². The molecule has 0 radical (unpaired) electrons. The van der Waals surface area contributed by atoms with Gasteiger partial charge < -0.3 is 10.1 Å². The third-order valence-electron chi connectivity index (χ3n) is 3.57. The number of aryl methyl sites for hydroxylation is 1. The molecule has 1 aliphatic carbocycles. The molecule has 1 aliphatic rings. The smallest absolute Gasteiger partial charge is 0.119 e. The quantitative estimate of drug-likeness (QED) is 0.843.